The van der Waals surface area contributed by atoms with Crippen molar-refractivity contribution in [3.8, 4) is 0 Å². The molecule has 1 fully saturated rings. The van der Waals surface area contributed by atoms with Crippen LogP contribution in [0.2, 0.25) is 0 Å². The fourth-order valence-corrected chi connectivity index (χ4v) is 1.27. The van der Waals surface area contributed by atoms with Gasteiger partial charge >= 0.3 is 17.9 Å². The summed E-state index contributed by atoms with van der Waals surface area (Å²) in [5.41, 5.74) is 0. The van der Waals surface area contributed by atoms with E-state index in [0.29, 0.717) is 32.3 Å². The summed E-state index contributed by atoms with van der Waals surface area (Å²) < 4.78 is 14.8. The lowest BCUT2D eigenvalue weighted by molar-refractivity contribution is 0.0555. The van der Waals surface area contributed by atoms with Gasteiger partial charge in [-0.1, -0.05) is 10.2 Å². The summed E-state index contributed by atoms with van der Waals surface area (Å²) >= 11 is 0. The monoisotopic (exact) mass is 213 g/mol. The highest BCUT2D eigenvalue weighted by Gasteiger charge is 2.20. The normalized spacial score (nSPS) is 16.5. The van der Waals surface area contributed by atoms with E-state index in [-0.39, 0.29) is 5.89 Å². The lowest BCUT2D eigenvalue weighted by atomic mass is 10.5. The van der Waals surface area contributed by atoms with Crippen molar-refractivity contribution >= 4 is 12.0 Å². The van der Waals surface area contributed by atoms with Crippen molar-refractivity contribution in [3.05, 3.63) is 5.89 Å². The van der Waals surface area contributed by atoms with Gasteiger partial charge in [-0.25, -0.2) is 4.79 Å². The lowest BCUT2D eigenvalue weighted by Gasteiger charge is -2.24. The third-order valence-electron chi connectivity index (χ3n) is 2.06. The van der Waals surface area contributed by atoms with Crippen LogP contribution in [-0.2, 0) is 9.47 Å². The number of hydrogen-bond donors (Lipinski definition) is 0. The molecule has 0 N–H and O–H groups in total. The van der Waals surface area contributed by atoms with E-state index in [9.17, 15) is 4.79 Å². The zero-order valence-corrected chi connectivity index (χ0v) is 8.30. The Morgan fingerprint density at radius 3 is 2.80 bits per heavy atom. The quantitative estimate of drug-likeness (QED) is 0.623. The Bertz CT molecular complexity index is 345. The van der Waals surface area contributed by atoms with Gasteiger partial charge in [0.05, 0.1) is 20.3 Å². The number of ether oxygens (including phenoxy) is 2. The van der Waals surface area contributed by atoms with Gasteiger partial charge in [0.1, 0.15) is 0 Å². The van der Waals surface area contributed by atoms with Crippen molar-refractivity contribution in [3.63, 3.8) is 0 Å². The van der Waals surface area contributed by atoms with Gasteiger partial charge in [0.25, 0.3) is 0 Å². The van der Waals surface area contributed by atoms with Crippen LogP contribution in [0.1, 0.15) is 10.7 Å². The minimum atomic E-state index is -0.623. The average Bonchev–Trinajstić information content (AvgIpc) is 2.78. The molecule has 0 amide bonds. The number of hydrogen-bond acceptors (Lipinski definition) is 7. The van der Waals surface area contributed by atoms with Gasteiger partial charge in [-0.3, -0.25) is 0 Å². The van der Waals surface area contributed by atoms with Crippen LogP contribution in [0.5, 0.6) is 0 Å². The van der Waals surface area contributed by atoms with Crippen molar-refractivity contribution in [2.75, 3.05) is 38.3 Å². The minimum Gasteiger partial charge on any atom is -0.462 e. The molecule has 0 aromatic carbocycles. The number of rotatable bonds is 2. The van der Waals surface area contributed by atoms with E-state index >= 15 is 0 Å². The average molecular weight is 213 g/mol. The van der Waals surface area contributed by atoms with Gasteiger partial charge < -0.3 is 18.8 Å². The number of methoxy groups -OCH3 is 1. The van der Waals surface area contributed by atoms with E-state index in [1.165, 1.54) is 7.11 Å². The Balaban J connectivity index is 2.08. The molecule has 1 saturated heterocycles. The van der Waals surface area contributed by atoms with E-state index in [2.05, 4.69) is 14.9 Å². The first-order chi connectivity index (χ1) is 7.31. The second-order valence-corrected chi connectivity index (χ2v) is 2.98. The highest BCUT2D eigenvalue weighted by molar-refractivity contribution is 5.83. The number of morpholine rings is 1. The molecule has 15 heavy (non-hydrogen) atoms. The summed E-state index contributed by atoms with van der Waals surface area (Å²) in [6.45, 7) is 2.61. The van der Waals surface area contributed by atoms with Crippen LogP contribution >= 0.6 is 0 Å². The molecule has 1 aliphatic rings. The summed E-state index contributed by atoms with van der Waals surface area (Å²) in [6.07, 6.45) is 0. The molecule has 82 valence electrons. The molecule has 2 rings (SSSR count). The molecule has 2 heterocycles. The van der Waals surface area contributed by atoms with E-state index in [1.807, 2.05) is 4.90 Å². The first-order valence-electron chi connectivity index (χ1n) is 4.56. The lowest BCUT2D eigenvalue weighted by Crippen LogP contribution is -2.36. The smallest absolute Gasteiger partial charge is 0.396 e. The molecule has 0 aliphatic carbocycles. The molecule has 0 spiro atoms. The highest BCUT2D eigenvalue weighted by Crippen LogP contribution is 2.13. The molecular weight excluding hydrogens is 202 g/mol. The molecule has 7 heteroatoms. The fourth-order valence-electron chi connectivity index (χ4n) is 1.27. The summed E-state index contributed by atoms with van der Waals surface area (Å²) in [7, 11) is 1.26. The van der Waals surface area contributed by atoms with Crippen molar-refractivity contribution in [1.82, 2.24) is 10.2 Å². The van der Waals surface area contributed by atoms with Gasteiger partial charge in [-0.05, 0) is 0 Å². The van der Waals surface area contributed by atoms with E-state index in [4.69, 9.17) is 9.15 Å². The van der Waals surface area contributed by atoms with Gasteiger partial charge in [0.2, 0.25) is 0 Å². The van der Waals surface area contributed by atoms with Gasteiger partial charge in [-0.15, -0.1) is 0 Å². The first kappa shape index (κ1) is 9.91. The fraction of sp³-hybridized carbons (Fsp3) is 0.625. The molecule has 0 unspecified atom stereocenters. The first-order valence-corrected chi connectivity index (χ1v) is 4.56. The standard InChI is InChI=1S/C8H11N3O4/c1-13-7(12)6-9-10-8(15-6)11-2-4-14-5-3-11/h2-5H2,1H3. The second-order valence-electron chi connectivity index (χ2n) is 2.98. The van der Waals surface area contributed by atoms with Crippen LogP contribution in [0, 0.1) is 0 Å². The molecule has 1 aliphatic heterocycles. The van der Waals surface area contributed by atoms with Gasteiger partial charge in [0.15, 0.2) is 0 Å². The molecule has 0 atom stereocenters. The summed E-state index contributed by atoms with van der Waals surface area (Å²) in [6, 6.07) is 0.332. The van der Waals surface area contributed by atoms with E-state index in [0.717, 1.165) is 0 Å². The SMILES string of the molecule is COC(=O)c1nnc(N2CCOCC2)o1. The molecule has 1 aromatic heterocycles. The minimum absolute atomic E-state index is 0.126. The number of nitrogens with zero attached hydrogens (tertiary/aromatic N) is 3. The maximum absolute atomic E-state index is 11.0. The highest BCUT2D eigenvalue weighted by atomic mass is 16.5. The van der Waals surface area contributed by atoms with Crippen LogP contribution in [0.3, 0.4) is 0 Å². The van der Waals surface area contributed by atoms with Crippen molar-refractivity contribution in [2.45, 2.75) is 0 Å². The van der Waals surface area contributed by atoms with Crippen molar-refractivity contribution in [1.29, 1.82) is 0 Å². The predicted molar refractivity (Wildman–Crippen MR) is 48.7 cm³/mol. The number of anilines is 1. The molecule has 7 nitrogen and oxygen atoms in total. The zero-order valence-electron chi connectivity index (χ0n) is 8.30. The topological polar surface area (TPSA) is 77.7 Å². The van der Waals surface area contributed by atoms with E-state index in [1.54, 1.807) is 0 Å². The Hall–Kier alpha value is -1.63. The van der Waals surface area contributed by atoms with Gasteiger partial charge in [0, 0.05) is 13.1 Å². The van der Waals surface area contributed by atoms with E-state index < -0.39 is 5.97 Å². The maximum Gasteiger partial charge on any atom is 0.396 e. The summed E-state index contributed by atoms with van der Waals surface area (Å²) in [5.74, 6) is -0.749. The third-order valence-corrected chi connectivity index (χ3v) is 2.06. The van der Waals surface area contributed by atoms with Crippen molar-refractivity contribution in [2.24, 2.45) is 0 Å². The van der Waals surface area contributed by atoms with Crippen LogP contribution in [0.25, 0.3) is 0 Å². The van der Waals surface area contributed by atoms with Crippen molar-refractivity contribution < 1.29 is 18.7 Å². The largest absolute Gasteiger partial charge is 0.462 e. The van der Waals surface area contributed by atoms with Gasteiger partial charge in [-0.2, -0.15) is 0 Å². The maximum atomic E-state index is 11.0. The number of carbonyl (C=O) groups is 1. The zero-order chi connectivity index (χ0) is 10.7. The Morgan fingerprint density at radius 1 is 1.40 bits per heavy atom. The second kappa shape index (κ2) is 4.26. The summed E-state index contributed by atoms with van der Waals surface area (Å²) in [5, 5.41) is 7.35. The number of aromatic nitrogens is 2. The molecular formula is C8H11N3O4. The van der Waals surface area contributed by atoms with Crippen LogP contribution in [0.15, 0.2) is 4.42 Å². The predicted octanol–water partition coefficient (Wildman–Crippen LogP) is -0.307. The Kier molecular flexibility index (Phi) is 2.82. The van der Waals surface area contributed by atoms with Crippen LogP contribution in [-0.4, -0.2) is 49.6 Å². The van der Waals surface area contributed by atoms with Crippen LogP contribution < -0.4 is 4.90 Å². The number of esters is 1. The summed E-state index contributed by atoms with van der Waals surface area (Å²) in [4.78, 5) is 12.9. The number of carbonyl (C=O) groups excluding carboxylic acids is 1. The molecule has 0 bridgehead atoms. The Labute approximate surface area is 86.0 Å². The Morgan fingerprint density at radius 2 is 2.13 bits per heavy atom. The molecule has 1 aromatic rings. The molecule has 0 radical (unpaired) electrons. The third kappa shape index (κ3) is 2.07. The van der Waals surface area contributed by atoms with Crippen LogP contribution in [0.4, 0.5) is 6.01 Å². The molecule has 0 saturated carbocycles.